The van der Waals surface area contributed by atoms with Crippen molar-refractivity contribution in [1.29, 1.82) is 0 Å². The maximum Gasteiger partial charge on any atom is 0.143 e. The van der Waals surface area contributed by atoms with Gasteiger partial charge in [0.2, 0.25) is 0 Å². The predicted octanol–water partition coefficient (Wildman–Crippen LogP) is 6.31. The molecule has 0 saturated carbocycles. The molecule has 0 amide bonds. The highest BCUT2D eigenvalue weighted by atomic mass is 16.3. The molecule has 1 aromatic heterocycles. The largest absolute Gasteiger partial charge is 0.455 e. The van der Waals surface area contributed by atoms with Crippen molar-refractivity contribution in [2.24, 2.45) is 0 Å². The molecule has 1 nitrogen and oxygen atoms in total. The molecule has 0 aliphatic heterocycles. The Morgan fingerprint density at radius 1 is 0.583 bits per heavy atom. The lowest BCUT2D eigenvalue weighted by Gasteiger charge is -2.07. The summed E-state index contributed by atoms with van der Waals surface area (Å²) < 4.78 is 6.30. The Bertz CT molecular complexity index is 1270. The van der Waals surface area contributed by atoms with Crippen LogP contribution in [0.5, 0.6) is 0 Å². The average molecular weight is 306 g/mol. The molecule has 0 unspecified atom stereocenters. The lowest BCUT2D eigenvalue weighted by molar-refractivity contribution is 0.670. The van der Waals surface area contributed by atoms with Gasteiger partial charge in [0.1, 0.15) is 11.2 Å². The monoisotopic (exact) mass is 306 g/mol. The van der Waals surface area contributed by atoms with Gasteiger partial charge in [0.15, 0.2) is 0 Å². The molecule has 6 rings (SSSR count). The number of fused-ring (bicyclic) bond motifs is 9. The van der Waals surface area contributed by atoms with Crippen LogP contribution in [0.15, 0.2) is 77.2 Å². The standard InChI is InChI=1S/C23H14O/c1-2-6-17-14(5-1)9-10-15-13-16-11-12-19-18-7-3-4-8-20(18)24-23(19)22(16)21(15)17/h1-12H,13H2. The van der Waals surface area contributed by atoms with Crippen molar-refractivity contribution in [1.82, 2.24) is 0 Å². The van der Waals surface area contributed by atoms with Crippen molar-refractivity contribution in [3.63, 3.8) is 0 Å². The number of hydrogen-bond acceptors (Lipinski definition) is 1. The van der Waals surface area contributed by atoms with Gasteiger partial charge in [0.25, 0.3) is 0 Å². The lowest BCUT2D eigenvalue weighted by Crippen LogP contribution is -1.82. The zero-order chi connectivity index (χ0) is 15.7. The van der Waals surface area contributed by atoms with Crippen LogP contribution < -0.4 is 0 Å². The molecule has 0 saturated heterocycles. The van der Waals surface area contributed by atoms with E-state index in [1.807, 2.05) is 6.07 Å². The summed E-state index contributed by atoms with van der Waals surface area (Å²) in [5, 5.41) is 5.02. The molecular weight excluding hydrogens is 292 g/mol. The minimum absolute atomic E-state index is 0.967. The van der Waals surface area contributed by atoms with Gasteiger partial charge in [0.05, 0.1) is 0 Å². The van der Waals surface area contributed by atoms with E-state index in [1.165, 1.54) is 43.8 Å². The number of furan rings is 1. The van der Waals surface area contributed by atoms with E-state index in [0.717, 1.165) is 17.6 Å². The number of hydrogen-bond donors (Lipinski definition) is 0. The van der Waals surface area contributed by atoms with Crippen molar-refractivity contribution in [3.8, 4) is 11.1 Å². The summed E-state index contributed by atoms with van der Waals surface area (Å²) in [6, 6.07) is 25.9. The summed E-state index contributed by atoms with van der Waals surface area (Å²) in [5.74, 6) is 0. The summed E-state index contributed by atoms with van der Waals surface area (Å²) in [6.45, 7) is 0. The third kappa shape index (κ3) is 1.45. The molecule has 0 fully saturated rings. The van der Waals surface area contributed by atoms with Crippen molar-refractivity contribution in [2.75, 3.05) is 0 Å². The maximum atomic E-state index is 6.30. The fourth-order valence-corrected chi connectivity index (χ4v) is 4.22. The van der Waals surface area contributed by atoms with Gasteiger partial charge in [0, 0.05) is 16.3 Å². The van der Waals surface area contributed by atoms with Gasteiger partial charge in [-0.1, -0.05) is 66.7 Å². The van der Waals surface area contributed by atoms with E-state index in [-0.39, 0.29) is 0 Å². The van der Waals surface area contributed by atoms with Crippen LogP contribution in [0.2, 0.25) is 0 Å². The Morgan fingerprint density at radius 2 is 1.33 bits per heavy atom. The number of para-hydroxylation sites is 1. The van der Waals surface area contributed by atoms with Crippen LogP contribution in [-0.4, -0.2) is 0 Å². The molecule has 24 heavy (non-hydrogen) atoms. The molecule has 0 spiro atoms. The summed E-state index contributed by atoms with van der Waals surface area (Å²) in [7, 11) is 0. The van der Waals surface area contributed by atoms with Crippen LogP contribution >= 0.6 is 0 Å². The normalized spacial score (nSPS) is 12.8. The third-order valence-electron chi connectivity index (χ3n) is 5.28. The SMILES string of the molecule is c1ccc2c3c(ccc2c1)Cc1ccc2c(oc4ccccc42)c1-3. The predicted molar refractivity (Wildman–Crippen MR) is 99.5 cm³/mol. The van der Waals surface area contributed by atoms with Gasteiger partial charge >= 0.3 is 0 Å². The molecule has 112 valence electrons. The van der Waals surface area contributed by atoms with Gasteiger partial charge in [-0.3, -0.25) is 0 Å². The topological polar surface area (TPSA) is 13.1 Å². The Morgan fingerprint density at radius 3 is 2.29 bits per heavy atom. The van der Waals surface area contributed by atoms with Gasteiger partial charge in [-0.2, -0.15) is 0 Å². The van der Waals surface area contributed by atoms with Crippen molar-refractivity contribution in [2.45, 2.75) is 6.42 Å². The second-order valence-electron chi connectivity index (χ2n) is 6.57. The van der Waals surface area contributed by atoms with Crippen LogP contribution in [0.4, 0.5) is 0 Å². The summed E-state index contributed by atoms with van der Waals surface area (Å²) >= 11 is 0. The molecule has 1 heteroatoms. The Labute approximate surface area is 139 Å². The zero-order valence-electron chi connectivity index (χ0n) is 13.0. The molecule has 0 bridgehead atoms. The molecule has 0 radical (unpaired) electrons. The minimum atomic E-state index is 0.967. The third-order valence-corrected chi connectivity index (χ3v) is 5.28. The summed E-state index contributed by atoms with van der Waals surface area (Å²) in [6.07, 6.45) is 0.989. The highest BCUT2D eigenvalue weighted by Gasteiger charge is 2.25. The van der Waals surface area contributed by atoms with Gasteiger partial charge in [-0.15, -0.1) is 0 Å². The van der Waals surface area contributed by atoms with Gasteiger partial charge < -0.3 is 4.42 Å². The smallest absolute Gasteiger partial charge is 0.143 e. The maximum absolute atomic E-state index is 6.30. The van der Waals surface area contributed by atoms with Crippen LogP contribution in [0.1, 0.15) is 11.1 Å². The molecule has 1 heterocycles. The summed E-state index contributed by atoms with van der Waals surface area (Å²) in [5.41, 5.74) is 7.41. The van der Waals surface area contributed by atoms with E-state index in [9.17, 15) is 0 Å². The molecule has 0 N–H and O–H groups in total. The molecule has 1 aliphatic carbocycles. The van der Waals surface area contributed by atoms with Crippen molar-refractivity contribution < 1.29 is 4.42 Å². The van der Waals surface area contributed by atoms with Crippen LogP contribution in [-0.2, 0) is 6.42 Å². The van der Waals surface area contributed by atoms with Crippen molar-refractivity contribution >= 4 is 32.7 Å². The quantitative estimate of drug-likeness (QED) is 0.320. The molecule has 5 aromatic rings. The Balaban J connectivity index is 1.84. The number of benzene rings is 4. The first-order valence-electron chi connectivity index (χ1n) is 8.34. The molecule has 4 aromatic carbocycles. The van der Waals surface area contributed by atoms with E-state index in [2.05, 4.69) is 66.7 Å². The highest BCUT2D eigenvalue weighted by Crippen LogP contribution is 2.46. The van der Waals surface area contributed by atoms with E-state index in [1.54, 1.807) is 0 Å². The fraction of sp³-hybridized carbons (Fsp3) is 0.0435. The zero-order valence-corrected chi connectivity index (χ0v) is 13.0. The lowest BCUT2D eigenvalue weighted by atomic mass is 9.96. The molecule has 1 aliphatic rings. The van der Waals surface area contributed by atoms with Crippen molar-refractivity contribution in [3.05, 3.63) is 83.9 Å². The molecular formula is C23H14O. The number of rotatable bonds is 0. The fourth-order valence-electron chi connectivity index (χ4n) is 4.22. The first-order valence-corrected chi connectivity index (χ1v) is 8.34. The first-order chi connectivity index (χ1) is 11.9. The van der Waals surface area contributed by atoms with Gasteiger partial charge in [-0.05, 0) is 39.9 Å². The Kier molecular flexibility index (Phi) is 2.20. The van der Waals surface area contributed by atoms with Crippen LogP contribution in [0, 0.1) is 0 Å². The second kappa shape index (κ2) is 4.27. The van der Waals surface area contributed by atoms with E-state index < -0.39 is 0 Å². The van der Waals surface area contributed by atoms with Gasteiger partial charge in [-0.25, -0.2) is 0 Å². The van der Waals surface area contributed by atoms with Crippen LogP contribution in [0.25, 0.3) is 43.8 Å². The van der Waals surface area contributed by atoms with E-state index >= 15 is 0 Å². The minimum Gasteiger partial charge on any atom is -0.455 e. The highest BCUT2D eigenvalue weighted by molar-refractivity contribution is 6.14. The Hall–Kier alpha value is -3.06. The summed E-state index contributed by atoms with van der Waals surface area (Å²) in [4.78, 5) is 0. The van der Waals surface area contributed by atoms with Crippen LogP contribution in [0.3, 0.4) is 0 Å². The van der Waals surface area contributed by atoms with E-state index in [4.69, 9.17) is 4.42 Å². The van der Waals surface area contributed by atoms with E-state index in [0.29, 0.717) is 0 Å². The average Bonchev–Trinajstić information content (AvgIpc) is 3.19. The second-order valence-corrected chi connectivity index (χ2v) is 6.57. The molecule has 0 atom stereocenters. The first kappa shape index (κ1) is 12.4.